The molecule has 40 heavy (non-hydrogen) atoms. The summed E-state index contributed by atoms with van der Waals surface area (Å²) >= 11 is 0. The van der Waals surface area contributed by atoms with Crippen molar-refractivity contribution >= 4 is 34.4 Å². The summed E-state index contributed by atoms with van der Waals surface area (Å²) in [4.78, 5) is 42.1. The van der Waals surface area contributed by atoms with Crippen LogP contribution in [0.25, 0.3) is 17.0 Å². The van der Waals surface area contributed by atoms with E-state index >= 15 is 4.39 Å². The van der Waals surface area contributed by atoms with Crippen LogP contribution in [0.5, 0.6) is 17.2 Å². The van der Waals surface area contributed by atoms with E-state index in [1.54, 1.807) is 35.4 Å². The Morgan fingerprint density at radius 2 is 1.60 bits per heavy atom. The van der Waals surface area contributed by atoms with Gasteiger partial charge in [-0.15, -0.1) is 0 Å². The molecule has 5 rings (SSSR count). The third-order valence-corrected chi connectivity index (χ3v) is 7.49. The highest BCUT2D eigenvalue weighted by atomic mass is 19.1. The van der Waals surface area contributed by atoms with Crippen molar-refractivity contribution in [1.29, 1.82) is 0 Å². The van der Waals surface area contributed by atoms with Gasteiger partial charge >= 0.3 is 0 Å². The van der Waals surface area contributed by atoms with Crippen molar-refractivity contribution in [2.45, 2.75) is 25.8 Å². The number of hydrogen-bond acceptors (Lipinski definition) is 7. The number of aromatic nitrogens is 1. The highest BCUT2D eigenvalue weighted by Crippen LogP contribution is 2.39. The molecular weight excluding hydrogens is 517 g/mol. The molecule has 2 fully saturated rings. The van der Waals surface area contributed by atoms with Crippen molar-refractivity contribution < 1.29 is 28.2 Å². The van der Waals surface area contributed by atoms with Gasteiger partial charge in [-0.05, 0) is 48.7 Å². The number of amides is 1. The van der Waals surface area contributed by atoms with Gasteiger partial charge < -0.3 is 28.6 Å². The zero-order valence-electron chi connectivity index (χ0n) is 23.0. The maximum absolute atomic E-state index is 15.4. The van der Waals surface area contributed by atoms with Gasteiger partial charge in [-0.1, -0.05) is 6.08 Å². The third-order valence-electron chi connectivity index (χ3n) is 7.49. The molecule has 2 heterocycles. The number of piperazine rings is 1. The van der Waals surface area contributed by atoms with Crippen LogP contribution in [-0.2, 0) is 4.79 Å². The minimum absolute atomic E-state index is 0.00211. The fraction of sp³-hybridized carbons (Fsp3) is 0.367. The molecule has 10 heteroatoms. The Morgan fingerprint density at radius 1 is 0.950 bits per heavy atom. The molecule has 210 valence electrons. The van der Waals surface area contributed by atoms with E-state index in [2.05, 4.69) is 0 Å². The smallest absolute Gasteiger partial charge is 0.219 e. The molecule has 1 saturated heterocycles. The average molecular weight is 550 g/mol. The second-order valence-corrected chi connectivity index (χ2v) is 9.98. The summed E-state index contributed by atoms with van der Waals surface area (Å²) in [5.41, 5.74) is 1.07. The van der Waals surface area contributed by atoms with Gasteiger partial charge in [0.05, 0.1) is 38.1 Å². The topological polar surface area (TPSA) is 90.3 Å². The number of rotatable bonds is 8. The lowest BCUT2D eigenvalue weighted by Gasteiger charge is -2.36. The van der Waals surface area contributed by atoms with Crippen LogP contribution in [0.1, 0.15) is 41.7 Å². The molecular formula is C30H32FN3O6. The van der Waals surface area contributed by atoms with Gasteiger partial charge in [0, 0.05) is 50.7 Å². The number of carbonyl (C=O) groups excluding carboxylic acids is 2. The van der Waals surface area contributed by atoms with Gasteiger partial charge in [-0.25, -0.2) is 4.39 Å². The van der Waals surface area contributed by atoms with E-state index in [1.807, 2.05) is 9.47 Å². The van der Waals surface area contributed by atoms with Crippen LogP contribution < -0.4 is 24.5 Å². The molecule has 1 aliphatic carbocycles. The summed E-state index contributed by atoms with van der Waals surface area (Å²) in [6.07, 6.45) is 6.31. The summed E-state index contributed by atoms with van der Waals surface area (Å²) in [5, 5.41) is 0.169. The van der Waals surface area contributed by atoms with Crippen LogP contribution in [0, 0.1) is 5.82 Å². The van der Waals surface area contributed by atoms with Gasteiger partial charge in [0.2, 0.25) is 17.1 Å². The summed E-state index contributed by atoms with van der Waals surface area (Å²) in [6.45, 7) is 3.54. The maximum atomic E-state index is 15.4. The van der Waals surface area contributed by atoms with Gasteiger partial charge in [0.15, 0.2) is 17.3 Å². The predicted octanol–water partition coefficient (Wildman–Crippen LogP) is 4.07. The molecule has 0 bridgehead atoms. The van der Waals surface area contributed by atoms with Crippen LogP contribution in [0.15, 0.2) is 41.3 Å². The molecule has 0 radical (unpaired) electrons. The largest absolute Gasteiger partial charge is 0.493 e. The lowest BCUT2D eigenvalue weighted by atomic mass is 10.0. The number of pyridine rings is 1. The SMILES string of the molecule is COc1cc(C=CC(=O)c2cn(C3CC3)c3cc(N4CCN(C(C)=O)CC4)c(F)cc3c2=O)cc(OC)c1OC. The molecule has 0 atom stereocenters. The quantitative estimate of drug-likeness (QED) is 0.309. The number of nitrogens with zero attached hydrogens (tertiary/aromatic N) is 3. The molecule has 1 saturated carbocycles. The van der Waals surface area contributed by atoms with Gasteiger partial charge in [-0.2, -0.15) is 0 Å². The Kier molecular flexibility index (Phi) is 7.51. The summed E-state index contributed by atoms with van der Waals surface area (Å²) in [5.74, 6) is 0.283. The van der Waals surface area contributed by atoms with Crippen molar-refractivity contribution in [1.82, 2.24) is 9.47 Å². The van der Waals surface area contributed by atoms with Crippen LogP contribution >= 0.6 is 0 Å². The molecule has 0 N–H and O–H groups in total. The number of methoxy groups -OCH3 is 3. The highest BCUT2D eigenvalue weighted by Gasteiger charge is 2.28. The van der Waals surface area contributed by atoms with Crippen molar-refractivity contribution in [3.63, 3.8) is 0 Å². The number of benzene rings is 2. The van der Waals surface area contributed by atoms with Gasteiger partial charge in [0.25, 0.3) is 0 Å². The Balaban J connectivity index is 1.50. The van der Waals surface area contributed by atoms with Crippen molar-refractivity contribution in [2.75, 3.05) is 52.4 Å². The van der Waals surface area contributed by atoms with Crippen LogP contribution in [0.3, 0.4) is 0 Å². The molecule has 1 aromatic heterocycles. The fourth-order valence-corrected chi connectivity index (χ4v) is 5.15. The summed E-state index contributed by atoms with van der Waals surface area (Å²) in [6, 6.07) is 6.47. The molecule has 1 amide bonds. The number of anilines is 1. The van der Waals surface area contributed by atoms with E-state index in [9.17, 15) is 14.4 Å². The number of carbonyl (C=O) groups is 2. The minimum atomic E-state index is -0.527. The van der Waals surface area contributed by atoms with Crippen LogP contribution in [0.4, 0.5) is 10.1 Å². The normalized spacial score (nSPS) is 15.5. The zero-order chi connectivity index (χ0) is 28.6. The molecule has 3 aromatic rings. The molecule has 0 spiro atoms. The Labute approximate surface area is 231 Å². The number of hydrogen-bond donors (Lipinski definition) is 0. The summed E-state index contributed by atoms with van der Waals surface area (Å²) in [7, 11) is 4.51. The molecule has 2 aliphatic rings. The lowest BCUT2D eigenvalue weighted by Crippen LogP contribution is -2.48. The van der Waals surface area contributed by atoms with Crippen LogP contribution in [0.2, 0.25) is 0 Å². The number of halogens is 1. The molecule has 2 aromatic carbocycles. The second-order valence-electron chi connectivity index (χ2n) is 9.98. The van der Waals surface area contributed by atoms with E-state index in [1.165, 1.54) is 40.4 Å². The minimum Gasteiger partial charge on any atom is -0.493 e. The molecule has 0 unspecified atom stereocenters. The number of ketones is 1. The monoisotopic (exact) mass is 549 g/mol. The zero-order valence-corrected chi connectivity index (χ0v) is 23.0. The van der Waals surface area contributed by atoms with E-state index in [-0.39, 0.29) is 22.9 Å². The Morgan fingerprint density at radius 3 is 2.15 bits per heavy atom. The first-order chi connectivity index (χ1) is 19.2. The molecule has 9 nitrogen and oxygen atoms in total. The van der Waals surface area contributed by atoms with E-state index in [0.717, 1.165) is 12.8 Å². The van der Waals surface area contributed by atoms with E-state index in [4.69, 9.17) is 14.2 Å². The second kappa shape index (κ2) is 11.0. The number of ether oxygens (including phenoxy) is 3. The first kappa shape index (κ1) is 27.2. The first-order valence-electron chi connectivity index (χ1n) is 13.2. The Hall–Kier alpha value is -4.34. The maximum Gasteiger partial charge on any atom is 0.219 e. The predicted molar refractivity (Wildman–Crippen MR) is 150 cm³/mol. The summed E-state index contributed by atoms with van der Waals surface area (Å²) < 4.78 is 33.4. The van der Waals surface area contributed by atoms with E-state index < -0.39 is 17.0 Å². The lowest BCUT2D eigenvalue weighted by molar-refractivity contribution is -0.129. The van der Waals surface area contributed by atoms with Crippen molar-refractivity contribution in [3.8, 4) is 17.2 Å². The average Bonchev–Trinajstić information content (AvgIpc) is 3.81. The first-order valence-corrected chi connectivity index (χ1v) is 13.2. The van der Waals surface area contributed by atoms with Gasteiger partial charge in [0.1, 0.15) is 5.82 Å². The van der Waals surface area contributed by atoms with Gasteiger partial charge in [-0.3, -0.25) is 14.4 Å². The van der Waals surface area contributed by atoms with Crippen molar-refractivity contribution in [3.05, 3.63) is 63.7 Å². The number of allylic oxidation sites excluding steroid dienone is 1. The van der Waals surface area contributed by atoms with E-state index in [0.29, 0.717) is 60.2 Å². The number of fused-ring (bicyclic) bond motifs is 1. The van der Waals surface area contributed by atoms with Crippen LogP contribution in [-0.4, -0.2) is 68.7 Å². The fourth-order valence-electron chi connectivity index (χ4n) is 5.15. The standard InChI is InChI=1S/C30H32FN3O6/c1-18(35)32-9-11-33(12-10-32)25-16-24-21(15-23(25)31)29(37)22(17-34(24)20-6-7-20)26(36)8-5-19-13-27(38-2)30(40-4)28(14-19)39-3/h5,8,13-17,20H,6-7,9-12H2,1-4H3. The third kappa shape index (κ3) is 5.13. The Bertz CT molecular complexity index is 1540. The van der Waals surface area contributed by atoms with Crippen molar-refractivity contribution in [2.24, 2.45) is 0 Å². The molecule has 1 aliphatic heterocycles. The highest BCUT2D eigenvalue weighted by molar-refractivity contribution is 6.08.